The van der Waals surface area contributed by atoms with Crippen LogP contribution in [0.3, 0.4) is 0 Å². The molecule has 3 aromatic carbocycles. The van der Waals surface area contributed by atoms with E-state index < -0.39 is 10.0 Å². The number of aromatic nitrogens is 3. The largest absolute Gasteiger partial charge is 0.497 e. The van der Waals surface area contributed by atoms with Crippen LogP contribution in [0.15, 0.2) is 65.3 Å². The minimum Gasteiger partial charge on any atom is -0.497 e. The number of halogens is 1. The summed E-state index contributed by atoms with van der Waals surface area (Å²) in [5, 5.41) is 4.43. The zero-order chi connectivity index (χ0) is 31.9. The Labute approximate surface area is 259 Å². The number of rotatable bonds is 10. The highest BCUT2D eigenvalue weighted by atomic mass is 32.2. The highest BCUT2D eigenvalue weighted by molar-refractivity contribution is 7.92. The second-order valence-corrected chi connectivity index (χ2v) is 12.8. The lowest BCUT2D eigenvalue weighted by Gasteiger charge is -2.24. The van der Waals surface area contributed by atoms with Crippen molar-refractivity contribution in [3.8, 4) is 11.5 Å². The van der Waals surface area contributed by atoms with Gasteiger partial charge in [-0.3, -0.25) is 14.1 Å². The maximum atomic E-state index is 14.0. The molecule has 5 aromatic rings. The molecule has 1 aliphatic rings. The second kappa shape index (κ2) is 11.8. The molecular formula is C32H30FN5O6S. The van der Waals surface area contributed by atoms with Gasteiger partial charge in [-0.1, -0.05) is 29.4 Å². The Bertz CT molecular complexity index is 2010. The molecule has 13 heteroatoms. The molecule has 3 heterocycles. The van der Waals surface area contributed by atoms with Crippen LogP contribution in [0.4, 0.5) is 10.1 Å². The fourth-order valence-corrected chi connectivity index (χ4v) is 5.93. The SMILES string of the molecule is COc1ccc(COc2c3c(c(N(C)S(C)(=O)=O)c4cc(Cc5ccc(F)cc5)cnc24)CN(Cc2noc(C)n2)C3=O)cc1. The number of carbonyl (C=O) groups is 1. The number of hydrogen-bond acceptors (Lipinski definition) is 9. The van der Waals surface area contributed by atoms with Crippen molar-refractivity contribution in [2.75, 3.05) is 24.7 Å². The number of pyridine rings is 1. The lowest BCUT2D eigenvalue weighted by molar-refractivity contribution is 0.0758. The summed E-state index contributed by atoms with van der Waals surface area (Å²) in [4.78, 5) is 24.5. The van der Waals surface area contributed by atoms with Gasteiger partial charge in [0.05, 0.1) is 31.2 Å². The van der Waals surface area contributed by atoms with Crippen LogP contribution < -0.4 is 13.8 Å². The molecule has 6 rings (SSSR count). The zero-order valence-electron chi connectivity index (χ0n) is 25.1. The van der Waals surface area contributed by atoms with Crippen molar-refractivity contribution in [1.29, 1.82) is 0 Å². The summed E-state index contributed by atoms with van der Waals surface area (Å²) in [7, 11) is -0.737. The number of fused-ring (bicyclic) bond motifs is 2. The van der Waals surface area contributed by atoms with E-state index in [1.165, 1.54) is 28.4 Å². The van der Waals surface area contributed by atoms with Crippen LogP contribution >= 0.6 is 0 Å². The van der Waals surface area contributed by atoms with Gasteiger partial charge in [0.15, 0.2) is 11.6 Å². The van der Waals surface area contributed by atoms with Crippen LogP contribution in [-0.4, -0.2) is 54.8 Å². The molecule has 2 aromatic heterocycles. The van der Waals surface area contributed by atoms with E-state index >= 15 is 0 Å². The Balaban J connectivity index is 1.51. The van der Waals surface area contributed by atoms with E-state index in [0.717, 1.165) is 22.9 Å². The molecule has 0 spiro atoms. The second-order valence-electron chi connectivity index (χ2n) is 10.8. The molecule has 1 amide bonds. The van der Waals surface area contributed by atoms with Crippen molar-refractivity contribution in [2.24, 2.45) is 0 Å². The monoisotopic (exact) mass is 631 g/mol. The van der Waals surface area contributed by atoms with Crippen LogP contribution in [0.1, 0.15) is 44.3 Å². The third kappa shape index (κ3) is 6.03. The van der Waals surface area contributed by atoms with Gasteiger partial charge < -0.3 is 18.9 Å². The fraction of sp³-hybridized carbons (Fsp3) is 0.250. The predicted molar refractivity (Wildman–Crippen MR) is 164 cm³/mol. The number of hydrogen-bond donors (Lipinski definition) is 0. The molecule has 0 fully saturated rings. The molecule has 0 saturated heterocycles. The number of nitrogens with zero attached hydrogens (tertiary/aromatic N) is 5. The number of methoxy groups -OCH3 is 1. The van der Waals surface area contributed by atoms with Crippen molar-refractivity contribution in [1.82, 2.24) is 20.0 Å². The molecule has 0 N–H and O–H groups in total. The van der Waals surface area contributed by atoms with Gasteiger partial charge in [0.25, 0.3) is 5.91 Å². The van der Waals surface area contributed by atoms with Crippen molar-refractivity contribution in [3.63, 3.8) is 0 Å². The van der Waals surface area contributed by atoms with Gasteiger partial charge in [-0.15, -0.1) is 0 Å². The first-order valence-corrected chi connectivity index (χ1v) is 15.9. The Hall–Kier alpha value is -5.04. The first-order chi connectivity index (χ1) is 21.5. The van der Waals surface area contributed by atoms with Crippen LogP contribution in [0.2, 0.25) is 0 Å². The smallest absolute Gasteiger partial charge is 0.258 e. The van der Waals surface area contributed by atoms with E-state index in [9.17, 15) is 17.6 Å². The van der Waals surface area contributed by atoms with E-state index in [2.05, 4.69) is 10.1 Å². The van der Waals surface area contributed by atoms with Crippen molar-refractivity contribution in [2.45, 2.75) is 33.0 Å². The molecule has 0 atom stereocenters. The summed E-state index contributed by atoms with van der Waals surface area (Å²) >= 11 is 0. The normalized spacial score (nSPS) is 12.9. The van der Waals surface area contributed by atoms with E-state index in [1.54, 1.807) is 32.4 Å². The molecule has 232 valence electrons. The summed E-state index contributed by atoms with van der Waals surface area (Å²) in [5.41, 5.74) is 3.81. The first-order valence-electron chi connectivity index (χ1n) is 14.0. The van der Waals surface area contributed by atoms with Gasteiger partial charge in [-0.05, 0) is 53.4 Å². The maximum Gasteiger partial charge on any atom is 0.258 e. The van der Waals surface area contributed by atoms with Gasteiger partial charge in [0, 0.05) is 37.7 Å². The van der Waals surface area contributed by atoms with Gasteiger partial charge in [0.1, 0.15) is 23.7 Å². The molecule has 0 radical (unpaired) electrons. The molecule has 45 heavy (non-hydrogen) atoms. The quantitative estimate of drug-likeness (QED) is 0.214. The average molecular weight is 632 g/mol. The number of amides is 1. The number of benzene rings is 3. The van der Waals surface area contributed by atoms with Crippen LogP contribution in [0.5, 0.6) is 11.5 Å². The molecule has 0 unspecified atom stereocenters. The number of anilines is 1. The lowest BCUT2D eigenvalue weighted by Crippen LogP contribution is -2.27. The topological polar surface area (TPSA) is 128 Å². The highest BCUT2D eigenvalue weighted by Crippen LogP contribution is 2.45. The number of carbonyl (C=O) groups excluding carboxylic acids is 1. The van der Waals surface area contributed by atoms with Crippen LogP contribution in [-0.2, 0) is 36.1 Å². The molecule has 0 saturated carbocycles. The maximum absolute atomic E-state index is 14.0. The van der Waals surface area contributed by atoms with E-state index in [-0.39, 0.29) is 42.7 Å². The highest BCUT2D eigenvalue weighted by Gasteiger charge is 2.38. The van der Waals surface area contributed by atoms with Crippen molar-refractivity contribution in [3.05, 3.63) is 106 Å². The van der Waals surface area contributed by atoms with Gasteiger partial charge in [-0.2, -0.15) is 4.98 Å². The standard InChI is InChI=1S/C32H30FN5O6S/c1-19-35-27(36-44-19)17-38-16-26-28(32(38)39)31(43-18-21-7-11-24(42-3)12-8-21)29-25(30(26)37(2)45(4,40)41)14-22(15-34-29)13-20-5-9-23(33)10-6-20/h5-12,14-15H,13,16-18H2,1-4H3. The van der Waals surface area contributed by atoms with Crippen LogP contribution in [0.25, 0.3) is 10.9 Å². The Kier molecular flexibility index (Phi) is 7.87. The van der Waals surface area contributed by atoms with Gasteiger partial charge in [-0.25, -0.2) is 12.8 Å². The minimum atomic E-state index is -3.77. The summed E-state index contributed by atoms with van der Waals surface area (Å²) < 4.78 is 57.4. The van der Waals surface area contributed by atoms with Crippen molar-refractivity contribution < 1.29 is 31.6 Å². The molecular weight excluding hydrogens is 601 g/mol. The number of ether oxygens (including phenoxy) is 2. The summed E-state index contributed by atoms with van der Waals surface area (Å²) in [5.74, 6) is 0.893. The van der Waals surface area contributed by atoms with Gasteiger partial charge >= 0.3 is 0 Å². The summed E-state index contributed by atoms with van der Waals surface area (Å²) in [6, 6.07) is 15.3. The number of sulfonamides is 1. The zero-order valence-corrected chi connectivity index (χ0v) is 25.9. The van der Waals surface area contributed by atoms with E-state index in [1.807, 2.05) is 30.3 Å². The summed E-state index contributed by atoms with van der Waals surface area (Å²) in [6.07, 6.45) is 3.18. The minimum absolute atomic E-state index is 0.0460. The van der Waals surface area contributed by atoms with Gasteiger partial charge in [0.2, 0.25) is 15.9 Å². The average Bonchev–Trinajstić information content (AvgIpc) is 3.57. The van der Waals surface area contributed by atoms with Crippen molar-refractivity contribution >= 4 is 32.5 Å². The summed E-state index contributed by atoms with van der Waals surface area (Å²) in [6.45, 7) is 1.89. The van der Waals surface area contributed by atoms with Crippen LogP contribution in [0, 0.1) is 12.7 Å². The van der Waals surface area contributed by atoms with E-state index in [4.69, 9.17) is 19.0 Å². The third-order valence-corrected chi connectivity index (χ3v) is 8.83. The Morgan fingerprint density at radius 3 is 2.42 bits per heavy atom. The predicted octanol–water partition coefficient (Wildman–Crippen LogP) is 4.80. The Morgan fingerprint density at radius 1 is 1.07 bits per heavy atom. The lowest BCUT2D eigenvalue weighted by atomic mass is 9.98. The number of aryl methyl sites for hydroxylation is 1. The Morgan fingerprint density at radius 2 is 1.78 bits per heavy atom. The molecule has 0 aliphatic carbocycles. The third-order valence-electron chi connectivity index (χ3n) is 7.66. The fourth-order valence-electron chi connectivity index (χ4n) is 5.39. The molecule has 1 aliphatic heterocycles. The molecule has 11 nitrogen and oxygen atoms in total. The van der Waals surface area contributed by atoms with E-state index in [0.29, 0.717) is 46.0 Å². The molecule has 0 bridgehead atoms. The first kappa shape index (κ1) is 30.0.